The summed E-state index contributed by atoms with van der Waals surface area (Å²) in [6, 6.07) is 5.79. The Morgan fingerprint density at radius 2 is 1.65 bits per heavy atom. The van der Waals surface area contributed by atoms with Crippen molar-refractivity contribution in [1.29, 1.82) is 10.5 Å². The van der Waals surface area contributed by atoms with Crippen LogP contribution in [0.1, 0.15) is 51.7 Å². The largest absolute Gasteiger partial charge is 0.416 e. The number of halogens is 6. The van der Waals surface area contributed by atoms with Gasteiger partial charge in [-0.05, 0) is 37.3 Å². The van der Waals surface area contributed by atoms with Crippen LogP contribution in [0.4, 0.5) is 26.3 Å². The van der Waals surface area contributed by atoms with Gasteiger partial charge in [-0.15, -0.1) is 5.10 Å². The smallest absolute Gasteiger partial charge is 0.342 e. The molecular formula is C20H11F6N7O. The zero-order chi connectivity index (χ0) is 25.3. The topological polar surface area (TPSA) is 120 Å². The van der Waals surface area contributed by atoms with Crippen LogP contribution in [0.25, 0.3) is 5.82 Å². The van der Waals surface area contributed by atoms with Crippen molar-refractivity contribution < 1.29 is 31.1 Å². The molecule has 0 saturated carbocycles. The van der Waals surface area contributed by atoms with Crippen molar-refractivity contribution in [1.82, 2.24) is 25.1 Å². The molecule has 0 saturated heterocycles. The van der Waals surface area contributed by atoms with Crippen molar-refractivity contribution in [3.8, 4) is 18.0 Å². The first-order valence-electron chi connectivity index (χ1n) is 9.17. The summed E-state index contributed by atoms with van der Waals surface area (Å²) in [6.45, 7) is 1.32. The van der Waals surface area contributed by atoms with E-state index in [1.165, 1.54) is 25.3 Å². The SMILES string of the molecule is CC(NC(=O)c1cc(C(F)(F)F)cc(C(F)(F)F)c1)c1nc(C#N)n(-c2ccc(C#N)cn2)n1. The number of aromatic nitrogens is 4. The first-order valence-corrected chi connectivity index (χ1v) is 9.17. The van der Waals surface area contributed by atoms with E-state index < -0.39 is 41.0 Å². The summed E-state index contributed by atoms with van der Waals surface area (Å²) in [5.41, 5.74) is -3.91. The van der Waals surface area contributed by atoms with E-state index in [1.807, 2.05) is 6.07 Å². The van der Waals surface area contributed by atoms with Crippen LogP contribution in [0.2, 0.25) is 0 Å². The van der Waals surface area contributed by atoms with Crippen LogP contribution in [-0.4, -0.2) is 25.7 Å². The fourth-order valence-electron chi connectivity index (χ4n) is 2.75. The summed E-state index contributed by atoms with van der Waals surface area (Å²) in [5, 5.41) is 24.4. The lowest BCUT2D eigenvalue weighted by Crippen LogP contribution is -2.28. The van der Waals surface area contributed by atoms with E-state index >= 15 is 0 Å². The molecule has 0 aliphatic carbocycles. The number of benzene rings is 1. The van der Waals surface area contributed by atoms with E-state index in [9.17, 15) is 36.4 Å². The van der Waals surface area contributed by atoms with Crippen molar-refractivity contribution in [2.45, 2.75) is 25.3 Å². The van der Waals surface area contributed by atoms with E-state index in [-0.39, 0.29) is 29.1 Å². The highest BCUT2D eigenvalue weighted by Crippen LogP contribution is 2.36. The fourth-order valence-corrected chi connectivity index (χ4v) is 2.75. The van der Waals surface area contributed by atoms with Gasteiger partial charge in [0.15, 0.2) is 11.6 Å². The normalized spacial score (nSPS) is 12.5. The molecule has 2 aromatic heterocycles. The lowest BCUT2D eigenvalue weighted by Gasteiger charge is -2.15. The van der Waals surface area contributed by atoms with Crippen LogP contribution in [0, 0.1) is 22.7 Å². The molecule has 1 aromatic carbocycles. The molecule has 34 heavy (non-hydrogen) atoms. The van der Waals surface area contributed by atoms with Gasteiger partial charge in [0.25, 0.3) is 5.91 Å². The van der Waals surface area contributed by atoms with Crippen molar-refractivity contribution >= 4 is 5.91 Å². The van der Waals surface area contributed by atoms with Crippen molar-refractivity contribution in [3.05, 3.63) is 70.4 Å². The molecule has 3 rings (SSSR count). The number of nitrogens with one attached hydrogen (secondary N) is 1. The van der Waals surface area contributed by atoms with Gasteiger partial charge in [0, 0.05) is 11.8 Å². The third-order valence-corrected chi connectivity index (χ3v) is 4.40. The minimum Gasteiger partial charge on any atom is -0.342 e. The number of amides is 1. The Hall–Kier alpha value is -4.46. The average Bonchev–Trinajstić information content (AvgIpc) is 3.22. The van der Waals surface area contributed by atoms with Gasteiger partial charge in [-0.1, -0.05) is 0 Å². The number of pyridine rings is 1. The molecule has 1 atom stereocenters. The number of alkyl halides is 6. The molecule has 1 N–H and O–H groups in total. The molecule has 3 aromatic rings. The van der Waals surface area contributed by atoms with Crippen LogP contribution < -0.4 is 5.32 Å². The molecule has 0 bridgehead atoms. The number of rotatable bonds is 4. The van der Waals surface area contributed by atoms with Crippen molar-refractivity contribution in [3.63, 3.8) is 0 Å². The average molecular weight is 479 g/mol. The van der Waals surface area contributed by atoms with Crippen LogP contribution in [-0.2, 0) is 12.4 Å². The first kappa shape index (κ1) is 24.2. The lowest BCUT2D eigenvalue weighted by molar-refractivity contribution is -0.143. The second kappa shape index (κ2) is 8.82. The Morgan fingerprint density at radius 3 is 2.12 bits per heavy atom. The molecule has 14 heteroatoms. The van der Waals surface area contributed by atoms with E-state index in [1.54, 1.807) is 6.07 Å². The summed E-state index contributed by atoms with van der Waals surface area (Å²) in [5.74, 6) is -1.54. The maximum Gasteiger partial charge on any atom is 0.416 e. The predicted molar refractivity (Wildman–Crippen MR) is 101 cm³/mol. The molecule has 0 fully saturated rings. The Morgan fingerprint density at radius 1 is 1.03 bits per heavy atom. The highest BCUT2D eigenvalue weighted by molar-refractivity contribution is 5.94. The summed E-state index contributed by atoms with van der Waals surface area (Å²) in [4.78, 5) is 20.4. The van der Waals surface area contributed by atoms with Gasteiger partial charge >= 0.3 is 12.4 Å². The summed E-state index contributed by atoms with van der Waals surface area (Å²) < 4.78 is 79.3. The molecular weight excluding hydrogens is 468 g/mol. The van der Waals surface area contributed by atoms with Gasteiger partial charge in [0.2, 0.25) is 5.82 Å². The molecule has 0 aliphatic heterocycles. The lowest BCUT2D eigenvalue weighted by atomic mass is 10.0. The zero-order valence-electron chi connectivity index (χ0n) is 16.9. The number of nitriles is 2. The Labute approximate surface area is 187 Å². The van der Waals surface area contributed by atoms with Crippen LogP contribution in [0.3, 0.4) is 0 Å². The third-order valence-electron chi connectivity index (χ3n) is 4.40. The van der Waals surface area contributed by atoms with Gasteiger partial charge in [-0.3, -0.25) is 4.79 Å². The van der Waals surface area contributed by atoms with Gasteiger partial charge in [-0.25, -0.2) is 4.98 Å². The molecule has 8 nitrogen and oxygen atoms in total. The van der Waals surface area contributed by atoms with Crippen LogP contribution in [0.5, 0.6) is 0 Å². The quantitative estimate of drug-likeness (QED) is 0.566. The number of hydrogen-bond acceptors (Lipinski definition) is 6. The molecule has 0 aliphatic rings. The Kier molecular flexibility index (Phi) is 6.27. The summed E-state index contributed by atoms with van der Waals surface area (Å²) in [7, 11) is 0. The maximum absolute atomic E-state index is 13.0. The highest BCUT2D eigenvalue weighted by Gasteiger charge is 2.37. The third kappa shape index (κ3) is 5.12. The molecule has 0 radical (unpaired) electrons. The molecule has 2 heterocycles. The second-order valence-corrected chi connectivity index (χ2v) is 6.82. The van der Waals surface area contributed by atoms with Crippen molar-refractivity contribution in [2.24, 2.45) is 0 Å². The number of carbonyl (C=O) groups excluding carboxylic acids is 1. The minimum absolute atomic E-state index is 0.0901. The van der Waals surface area contributed by atoms with Gasteiger partial charge < -0.3 is 5.32 Å². The summed E-state index contributed by atoms with van der Waals surface area (Å²) >= 11 is 0. The van der Waals surface area contributed by atoms with Gasteiger partial charge in [-0.2, -0.15) is 46.5 Å². The molecule has 1 amide bonds. The molecule has 1 unspecified atom stereocenters. The number of hydrogen-bond donors (Lipinski definition) is 1. The first-order chi connectivity index (χ1) is 15.8. The highest BCUT2D eigenvalue weighted by atomic mass is 19.4. The molecule has 174 valence electrons. The van der Waals surface area contributed by atoms with E-state index in [0.29, 0.717) is 12.1 Å². The van der Waals surface area contributed by atoms with Gasteiger partial charge in [0.05, 0.1) is 22.7 Å². The second-order valence-electron chi connectivity index (χ2n) is 6.82. The monoisotopic (exact) mass is 479 g/mol. The zero-order valence-corrected chi connectivity index (χ0v) is 16.9. The van der Waals surface area contributed by atoms with Crippen LogP contribution in [0.15, 0.2) is 36.5 Å². The van der Waals surface area contributed by atoms with Crippen molar-refractivity contribution in [2.75, 3.05) is 0 Å². The Balaban J connectivity index is 1.91. The van der Waals surface area contributed by atoms with E-state index in [2.05, 4.69) is 20.4 Å². The van der Waals surface area contributed by atoms with E-state index in [0.717, 1.165) is 4.68 Å². The minimum atomic E-state index is -5.11. The van der Waals surface area contributed by atoms with Crippen LogP contribution >= 0.6 is 0 Å². The fraction of sp³-hybridized carbons (Fsp3) is 0.200. The number of nitrogens with zero attached hydrogens (tertiary/aromatic N) is 6. The maximum atomic E-state index is 13.0. The standard InChI is InChI=1S/C20H11F6N7O/c1-10(17-31-16(8-28)33(32-17)15-3-2-11(7-27)9-29-15)30-18(34)12-4-13(19(21,22)23)6-14(5-12)20(24,25)26/h2-6,9-10H,1H3,(H,30,34). The van der Waals surface area contributed by atoms with E-state index in [4.69, 9.17) is 5.26 Å². The van der Waals surface area contributed by atoms with Gasteiger partial charge in [0.1, 0.15) is 12.1 Å². The molecule has 0 spiro atoms. The number of carbonyl (C=O) groups is 1. The predicted octanol–water partition coefficient (Wildman–Crippen LogP) is 3.93. The summed E-state index contributed by atoms with van der Waals surface area (Å²) in [6.07, 6.45) is -9.01. The Bertz CT molecular complexity index is 1280.